The molecule has 72 valence electrons. The zero-order valence-electron chi connectivity index (χ0n) is 8.68. The summed E-state index contributed by atoms with van der Waals surface area (Å²) in [5.74, 6) is 0. The highest BCUT2D eigenvalue weighted by molar-refractivity contribution is 6.51. The van der Waals surface area contributed by atoms with E-state index in [9.17, 15) is 0 Å². The maximum atomic E-state index is 5.94. The summed E-state index contributed by atoms with van der Waals surface area (Å²) in [5, 5.41) is 0. The Morgan fingerprint density at radius 2 is 2.00 bits per heavy atom. The molecule has 0 fully saturated rings. The highest BCUT2D eigenvalue weighted by Gasteiger charge is 2.10. The van der Waals surface area contributed by atoms with Gasteiger partial charge in [0.1, 0.15) is 0 Å². The van der Waals surface area contributed by atoms with Crippen molar-refractivity contribution in [1.82, 2.24) is 0 Å². The Bertz CT molecular complexity index is 110. The van der Waals surface area contributed by atoms with E-state index >= 15 is 0 Å². The van der Waals surface area contributed by atoms with E-state index in [2.05, 4.69) is 27.4 Å². The van der Waals surface area contributed by atoms with Crippen molar-refractivity contribution in [2.24, 2.45) is 0 Å². The standard InChI is InChI=1S/C10H22OSi/c1-5-8-9-10(4)11-12(6-2)7-3/h5,10,12H,1,6-9H2,2-4H3. The first-order chi connectivity index (χ1) is 5.74. The van der Waals surface area contributed by atoms with E-state index in [4.69, 9.17) is 4.43 Å². The van der Waals surface area contributed by atoms with Gasteiger partial charge < -0.3 is 4.43 Å². The highest BCUT2D eigenvalue weighted by atomic mass is 28.3. The van der Waals surface area contributed by atoms with Gasteiger partial charge in [0.05, 0.1) is 0 Å². The van der Waals surface area contributed by atoms with E-state index in [1.807, 2.05) is 6.08 Å². The molecule has 0 radical (unpaired) electrons. The van der Waals surface area contributed by atoms with Crippen LogP contribution in [0.25, 0.3) is 0 Å². The monoisotopic (exact) mass is 186 g/mol. The van der Waals surface area contributed by atoms with Gasteiger partial charge in [-0.3, -0.25) is 0 Å². The van der Waals surface area contributed by atoms with Crippen molar-refractivity contribution in [3.63, 3.8) is 0 Å². The average molecular weight is 186 g/mol. The van der Waals surface area contributed by atoms with Crippen LogP contribution in [0.3, 0.4) is 0 Å². The fourth-order valence-electron chi connectivity index (χ4n) is 1.23. The van der Waals surface area contributed by atoms with Crippen LogP contribution in [0.4, 0.5) is 0 Å². The second kappa shape index (κ2) is 7.56. The second-order valence-electron chi connectivity index (χ2n) is 3.25. The van der Waals surface area contributed by atoms with Gasteiger partial charge in [-0.2, -0.15) is 0 Å². The first-order valence-electron chi connectivity index (χ1n) is 5.00. The van der Waals surface area contributed by atoms with Crippen LogP contribution in [-0.2, 0) is 4.43 Å². The Hall–Kier alpha value is -0.0831. The van der Waals surface area contributed by atoms with E-state index in [1.54, 1.807) is 0 Å². The van der Waals surface area contributed by atoms with E-state index in [-0.39, 0.29) is 0 Å². The molecule has 12 heavy (non-hydrogen) atoms. The maximum absolute atomic E-state index is 5.94. The number of hydrogen-bond acceptors (Lipinski definition) is 1. The first kappa shape index (κ1) is 11.9. The van der Waals surface area contributed by atoms with Gasteiger partial charge in [0.15, 0.2) is 9.04 Å². The molecule has 0 aromatic heterocycles. The van der Waals surface area contributed by atoms with Crippen molar-refractivity contribution in [3.05, 3.63) is 12.7 Å². The normalized spacial score (nSPS) is 13.3. The molecule has 0 saturated carbocycles. The predicted molar refractivity (Wildman–Crippen MR) is 58.1 cm³/mol. The van der Waals surface area contributed by atoms with E-state index in [0.717, 1.165) is 12.8 Å². The zero-order chi connectivity index (χ0) is 9.40. The quantitative estimate of drug-likeness (QED) is 0.438. The van der Waals surface area contributed by atoms with Crippen LogP contribution >= 0.6 is 0 Å². The lowest BCUT2D eigenvalue weighted by Crippen LogP contribution is -2.22. The Labute approximate surface area is 78.5 Å². The van der Waals surface area contributed by atoms with Crippen molar-refractivity contribution in [3.8, 4) is 0 Å². The van der Waals surface area contributed by atoms with Gasteiger partial charge in [-0.1, -0.05) is 19.9 Å². The minimum Gasteiger partial charge on any atom is -0.417 e. The van der Waals surface area contributed by atoms with Gasteiger partial charge in [-0.25, -0.2) is 0 Å². The SMILES string of the molecule is C=CCCC(C)O[SiH](CC)CC. The van der Waals surface area contributed by atoms with Crippen LogP contribution in [0.2, 0.25) is 12.1 Å². The molecule has 0 rings (SSSR count). The molecule has 0 aromatic carbocycles. The van der Waals surface area contributed by atoms with Gasteiger partial charge in [0.25, 0.3) is 0 Å². The molecule has 2 heteroatoms. The zero-order valence-corrected chi connectivity index (χ0v) is 9.83. The summed E-state index contributed by atoms with van der Waals surface area (Å²) in [6.45, 7) is 10.4. The van der Waals surface area contributed by atoms with Gasteiger partial charge in [0, 0.05) is 6.10 Å². The Morgan fingerprint density at radius 1 is 1.42 bits per heavy atom. The first-order valence-corrected chi connectivity index (χ1v) is 7.11. The molecular weight excluding hydrogens is 164 g/mol. The third-order valence-electron chi connectivity index (χ3n) is 2.11. The molecule has 0 N–H and O–H groups in total. The summed E-state index contributed by atoms with van der Waals surface area (Å²) in [6, 6.07) is 2.52. The molecule has 1 atom stereocenters. The molecule has 1 nitrogen and oxygen atoms in total. The van der Waals surface area contributed by atoms with Crippen molar-refractivity contribution < 1.29 is 4.43 Å². The fourth-order valence-corrected chi connectivity index (χ4v) is 2.99. The highest BCUT2D eigenvalue weighted by Crippen LogP contribution is 2.08. The molecule has 0 bridgehead atoms. The van der Waals surface area contributed by atoms with E-state index in [1.165, 1.54) is 12.1 Å². The fraction of sp³-hybridized carbons (Fsp3) is 0.800. The molecule has 0 heterocycles. The minimum absolute atomic E-state index is 0.444. The van der Waals surface area contributed by atoms with Crippen molar-refractivity contribution in [1.29, 1.82) is 0 Å². The van der Waals surface area contributed by atoms with Crippen LogP contribution in [0.1, 0.15) is 33.6 Å². The summed E-state index contributed by atoms with van der Waals surface area (Å²) in [5.41, 5.74) is 0. The van der Waals surface area contributed by atoms with Crippen molar-refractivity contribution in [2.45, 2.75) is 51.8 Å². The summed E-state index contributed by atoms with van der Waals surface area (Å²) in [7, 11) is -0.827. The molecule has 0 aliphatic carbocycles. The minimum atomic E-state index is -0.827. The van der Waals surface area contributed by atoms with Crippen LogP contribution in [0.15, 0.2) is 12.7 Å². The number of allylic oxidation sites excluding steroid dienone is 1. The smallest absolute Gasteiger partial charge is 0.176 e. The molecule has 0 spiro atoms. The number of rotatable bonds is 7. The molecule has 0 aliphatic heterocycles. The topological polar surface area (TPSA) is 9.23 Å². The molecule has 0 saturated heterocycles. The Morgan fingerprint density at radius 3 is 2.42 bits per heavy atom. The Kier molecular flexibility index (Phi) is 7.51. The summed E-state index contributed by atoms with van der Waals surface area (Å²) < 4.78 is 5.94. The van der Waals surface area contributed by atoms with Gasteiger partial charge in [-0.05, 0) is 31.9 Å². The molecule has 0 aliphatic rings. The summed E-state index contributed by atoms with van der Waals surface area (Å²) >= 11 is 0. The number of hydrogen-bond donors (Lipinski definition) is 0. The predicted octanol–water partition coefficient (Wildman–Crippen LogP) is 3.12. The molecule has 0 aromatic rings. The third-order valence-corrected chi connectivity index (χ3v) is 4.78. The van der Waals surface area contributed by atoms with Crippen LogP contribution in [0, 0.1) is 0 Å². The lowest BCUT2D eigenvalue weighted by Gasteiger charge is -2.18. The third kappa shape index (κ3) is 5.55. The van der Waals surface area contributed by atoms with Crippen LogP contribution in [-0.4, -0.2) is 15.1 Å². The largest absolute Gasteiger partial charge is 0.417 e. The summed E-state index contributed by atoms with van der Waals surface area (Å²) in [4.78, 5) is 0. The van der Waals surface area contributed by atoms with Crippen molar-refractivity contribution >= 4 is 9.04 Å². The lowest BCUT2D eigenvalue weighted by atomic mass is 10.2. The van der Waals surface area contributed by atoms with Crippen LogP contribution < -0.4 is 0 Å². The molecule has 1 unspecified atom stereocenters. The van der Waals surface area contributed by atoms with E-state index in [0.29, 0.717) is 6.10 Å². The average Bonchev–Trinajstić information content (AvgIpc) is 2.10. The van der Waals surface area contributed by atoms with Gasteiger partial charge in [0.2, 0.25) is 0 Å². The Balaban J connectivity index is 3.50. The lowest BCUT2D eigenvalue weighted by molar-refractivity contribution is 0.211. The summed E-state index contributed by atoms with van der Waals surface area (Å²) in [6.07, 6.45) is 4.62. The molecular formula is C10H22OSi. The maximum Gasteiger partial charge on any atom is 0.176 e. The second-order valence-corrected chi connectivity index (χ2v) is 6.40. The molecule has 0 amide bonds. The van der Waals surface area contributed by atoms with Gasteiger partial charge in [-0.15, -0.1) is 6.58 Å². The van der Waals surface area contributed by atoms with Crippen LogP contribution in [0.5, 0.6) is 0 Å². The van der Waals surface area contributed by atoms with E-state index < -0.39 is 9.04 Å². The van der Waals surface area contributed by atoms with Crippen molar-refractivity contribution in [2.75, 3.05) is 0 Å². The van der Waals surface area contributed by atoms with Gasteiger partial charge >= 0.3 is 0 Å².